The van der Waals surface area contributed by atoms with Crippen LogP contribution >= 0.6 is 11.6 Å². The third-order valence-electron chi connectivity index (χ3n) is 3.72. The molecule has 0 unspecified atom stereocenters. The minimum absolute atomic E-state index is 0.104. The van der Waals surface area contributed by atoms with E-state index in [-0.39, 0.29) is 11.8 Å². The minimum atomic E-state index is -0.187. The molecule has 2 amide bonds. The van der Waals surface area contributed by atoms with Gasteiger partial charge < -0.3 is 10.6 Å². The number of hydrogen-bond acceptors (Lipinski definition) is 3. The maximum atomic E-state index is 12.3. The quantitative estimate of drug-likeness (QED) is 0.592. The van der Waals surface area contributed by atoms with E-state index in [9.17, 15) is 9.59 Å². The molecule has 0 saturated carbocycles. The highest BCUT2D eigenvalue weighted by molar-refractivity contribution is 6.30. The Labute approximate surface area is 149 Å². The summed E-state index contributed by atoms with van der Waals surface area (Å²) in [4.78, 5) is 24.1. The summed E-state index contributed by atoms with van der Waals surface area (Å²) in [7, 11) is 0. The summed E-state index contributed by atoms with van der Waals surface area (Å²) >= 11 is 5.80. The van der Waals surface area contributed by atoms with Crippen molar-refractivity contribution in [2.24, 2.45) is 0 Å². The van der Waals surface area contributed by atoms with Gasteiger partial charge in [0.05, 0.1) is 17.3 Å². The third-order valence-corrected chi connectivity index (χ3v) is 3.97. The molecular weight excluding hydrogens is 340 g/mol. The third kappa shape index (κ3) is 4.36. The van der Waals surface area contributed by atoms with Crippen molar-refractivity contribution < 1.29 is 9.59 Å². The number of halogens is 1. The van der Waals surface area contributed by atoms with Crippen LogP contribution in [0.3, 0.4) is 0 Å². The SMILES string of the molecule is O=C(CCCNC(=O)c1cccc2cn[nH]c12)Nc1ccc(Cl)cc1. The van der Waals surface area contributed by atoms with E-state index in [2.05, 4.69) is 20.8 Å². The van der Waals surface area contributed by atoms with Gasteiger partial charge in [-0.2, -0.15) is 5.10 Å². The van der Waals surface area contributed by atoms with Crippen LogP contribution in [0.5, 0.6) is 0 Å². The summed E-state index contributed by atoms with van der Waals surface area (Å²) in [5, 5.41) is 13.9. The highest BCUT2D eigenvalue weighted by atomic mass is 35.5. The number of nitrogens with one attached hydrogen (secondary N) is 3. The molecule has 0 aliphatic heterocycles. The number of benzene rings is 2. The molecular formula is C18H17ClN4O2. The second-order valence-electron chi connectivity index (χ2n) is 5.55. The normalized spacial score (nSPS) is 10.6. The maximum Gasteiger partial charge on any atom is 0.253 e. The van der Waals surface area contributed by atoms with Gasteiger partial charge in [-0.05, 0) is 36.8 Å². The summed E-state index contributed by atoms with van der Waals surface area (Å²) in [6.07, 6.45) is 2.54. The lowest BCUT2D eigenvalue weighted by atomic mass is 10.1. The lowest BCUT2D eigenvalue weighted by Crippen LogP contribution is -2.25. The average molecular weight is 357 g/mol. The molecule has 0 radical (unpaired) electrons. The van der Waals surface area contributed by atoms with Crippen molar-refractivity contribution in [3.05, 3.63) is 59.2 Å². The van der Waals surface area contributed by atoms with Crippen LogP contribution in [0, 0.1) is 0 Å². The molecule has 0 fully saturated rings. The van der Waals surface area contributed by atoms with Gasteiger partial charge in [0.15, 0.2) is 0 Å². The van der Waals surface area contributed by atoms with Gasteiger partial charge in [-0.1, -0.05) is 23.7 Å². The minimum Gasteiger partial charge on any atom is -0.352 e. The Hall–Kier alpha value is -2.86. The first-order valence-electron chi connectivity index (χ1n) is 7.89. The molecule has 25 heavy (non-hydrogen) atoms. The first kappa shape index (κ1) is 17.0. The number of fused-ring (bicyclic) bond motifs is 1. The number of hydrogen-bond donors (Lipinski definition) is 3. The number of aromatic amines is 1. The molecule has 0 atom stereocenters. The zero-order valence-corrected chi connectivity index (χ0v) is 14.1. The Balaban J connectivity index is 1.45. The maximum absolute atomic E-state index is 12.3. The van der Waals surface area contributed by atoms with E-state index < -0.39 is 0 Å². The van der Waals surface area contributed by atoms with Gasteiger partial charge in [0, 0.05) is 29.1 Å². The van der Waals surface area contributed by atoms with Gasteiger partial charge in [0.1, 0.15) is 0 Å². The largest absolute Gasteiger partial charge is 0.352 e. The van der Waals surface area contributed by atoms with E-state index in [0.717, 1.165) is 5.39 Å². The Morgan fingerprint density at radius 1 is 1.12 bits per heavy atom. The molecule has 0 spiro atoms. The first-order chi connectivity index (χ1) is 12.1. The number of carbonyl (C=O) groups excluding carboxylic acids is 2. The van der Waals surface area contributed by atoms with E-state index in [1.807, 2.05) is 12.1 Å². The smallest absolute Gasteiger partial charge is 0.253 e. The second-order valence-corrected chi connectivity index (χ2v) is 5.99. The molecule has 0 aliphatic rings. The van der Waals surface area contributed by atoms with Gasteiger partial charge in [-0.15, -0.1) is 0 Å². The number of anilines is 1. The molecule has 7 heteroatoms. The predicted octanol–water partition coefficient (Wildman–Crippen LogP) is 3.37. The molecule has 3 N–H and O–H groups in total. The van der Waals surface area contributed by atoms with Crippen molar-refractivity contribution in [2.45, 2.75) is 12.8 Å². The van der Waals surface area contributed by atoms with Crippen LogP contribution in [0.25, 0.3) is 10.9 Å². The molecule has 0 saturated heterocycles. The number of amides is 2. The van der Waals surface area contributed by atoms with E-state index >= 15 is 0 Å². The van der Waals surface area contributed by atoms with Crippen LogP contribution in [-0.2, 0) is 4.79 Å². The Morgan fingerprint density at radius 3 is 2.72 bits per heavy atom. The summed E-state index contributed by atoms with van der Waals surface area (Å²) in [5.41, 5.74) is 1.95. The second kappa shape index (κ2) is 7.81. The van der Waals surface area contributed by atoms with Gasteiger partial charge >= 0.3 is 0 Å². The number of para-hydroxylation sites is 1. The highest BCUT2D eigenvalue weighted by Crippen LogP contribution is 2.15. The highest BCUT2D eigenvalue weighted by Gasteiger charge is 2.11. The number of aromatic nitrogens is 2. The summed E-state index contributed by atoms with van der Waals surface area (Å²) < 4.78 is 0. The Morgan fingerprint density at radius 2 is 1.92 bits per heavy atom. The van der Waals surface area contributed by atoms with Crippen LogP contribution in [0.15, 0.2) is 48.7 Å². The van der Waals surface area contributed by atoms with E-state index in [1.54, 1.807) is 36.5 Å². The number of carbonyl (C=O) groups is 2. The van der Waals surface area contributed by atoms with Crippen molar-refractivity contribution in [1.82, 2.24) is 15.5 Å². The average Bonchev–Trinajstić information content (AvgIpc) is 3.09. The van der Waals surface area contributed by atoms with Crippen molar-refractivity contribution >= 4 is 40.0 Å². The van der Waals surface area contributed by atoms with Crippen LogP contribution in [-0.4, -0.2) is 28.6 Å². The zero-order chi connectivity index (χ0) is 17.6. The lowest BCUT2D eigenvalue weighted by molar-refractivity contribution is -0.116. The molecule has 1 heterocycles. The fourth-order valence-electron chi connectivity index (χ4n) is 2.46. The van der Waals surface area contributed by atoms with Crippen LogP contribution in [0.2, 0.25) is 5.02 Å². The van der Waals surface area contributed by atoms with Gasteiger partial charge in [0.2, 0.25) is 5.91 Å². The molecule has 3 rings (SSSR count). The molecule has 0 aliphatic carbocycles. The van der Waals surface area contributed by atoms with Crippen molar-refractivity contribution in [2.75, 3.05) is 11.9 Å². The lowest BCUT2D eigenvalue weighted by Gasteiger charge is -2.07. The zero-order valence-electron chi connectivity index (χ0n) is 13.4. The number of nitrogens with zero attached hydrogens (tertiary/aromatic N) is 1. The predicted molar refractivity (Wildman–Crippen MR) is 97.7 cm³/mol. The van der Waals surface area contributed by atoms with Crippen molar-refractivity contribution in [3.8, 4) is 0 Å². The van der Waals surface area contributed by atoms with E-state index in [0.29, 0.717) is 41.2 Å². The van der Waals surface area contributed by atoms with E-state index in [1.165, 1.54) is 0 Å². The molecule has 2 aromatic carbocycles. The Kier molecular flexibility index (Phi) is 5.30. The Bertz CT molecular complexity index is 889. The van der Waals surface area contributed by atoms with Gasteiger partial charge in [-0.25, -0.2) is 0 Å². The van der Waals surface area contributed by atoms with Crippen LogP contribution < -0.4 is 10.6 Å². The molecule has 128 valence electrons. The summed E-state index contributed by atoms with van der Waals surface area (Å²) in [6, 6.07) is 12.4. The van der Waals surface area contributed by atoms with Gasteiger partial charge in [-0.3, -0.25) is 14.7 Å². The molecule has 0 bridgehead atoms. The van der Waals surface area contributed by atoms with Gasteiger partial charge in [0.25, 0.3) is 5.91 Å². The van der Waals surface area contributed by atoms with Crippen LogP contribution in [0.4, 0.5) is 5.69 Å². The topological polar surface area (TPSA) is 86.9 Å². The monoisotopic (exact) mass is 356 g/mol. The first-order valence-corrected chi connectivity index (χ1v) is 8.27. The summed E-state index contributed by atoms with van der Waals surface area (Å²) in [6.45, 7) is 0.414. The van der Waals surface area contributed by atoms with Crippen molar-refractivity contribution in [1.29, 1.82) is 0 Å². The molecule has 6 nitrogen and oxygen atoms in total. The van der Waals surface area contributed by atoms with Crippen LogP contribution in [0.1, 0.15) is 23.2 Å². The standard InChI is InChI=1S/C18H17ClN4O2/c19-13-6-8-14(9-7-13)22-16(24)5-2-10-20-18(25)15-4-1-3-12-11-21-23-17(12)15/h1,3-4,6-9,11H,2,5,10H2,(H,20,25)(H,21,23)(H,22,24). The van der Waals surface area contributed by atoms with E-state index in [4.69, 9.17) is 11.6 Å². The molecule has 1 aromatic heterocycles. The van der Waals surface area contributed by atoms with Crippen molar-refractivity contribution in [3.63, 3.8) is 0 Å². The number of H-pyrrole nitrogens is 1. The fourth-order valence-corrected chi connectivity index (χ4v) is 2.59. The fraction of sp³-hybridized carbons (Fsp3) is 0.167. The molecule has 3 aromatic rings. The summed E-state index contributed by atoms with van der Waals surface area (Å²) in [5.74, 6) is -0.291. The number of rotatable bonds is 6.